The van der Waals surface area contributed by atoms with Crippen molar-refractivity contribution in [1.82, 2.24) is 14.0 Å². The Morgan fingerprint density at radius 3 is 2.81 bits per heavy atom. The molecule has 2 unspecified atom stereocenters. The smallest absolute Gasteiger partial charge is 0.101 e. The van der Waals surface area contributed by atoms with E-state index in [1.807, 2.05) is 6.08 Å². The maximum atomic E-state index is 9.91. The number of hydrogen-bond acceptors (Lipinski definition) is 2. The lowest BCUT2D eigenvalue weighted by Crippen LogP contribution is -2.24. The van der Waals surface area contributed by atoms with E-state index in [-0.39, 0.29) is 11.5 Å². The molecule has 3 heterocycles. The van der Waals surface area contributed by atoms with Crippen LogP contribution < -0.4 is 0 Å². The molecule has 4 aliphatic carbocycles. The Kier molecular flexibility index (Phi) is 6.63. The van der Waals surface area contributed by atoms with E-state index in [2.05, 4.69) is 143 Å². The molecule has 2 aromatic carbocycles. The molecule has 4 nitrogen and oxygen atoms in total. The zero-order valence-corrected chi connectivity index (χ0v) is 27.6. The van der Waals surface area contributed by atoms with Crippen LogP contribution in [0.1, 0.15) is 72.3 Å². The van der Waals surface area contributed by atoms with E-state index >= 15 is 0 Å². The molecule has 4 aromatic rings. The number of fused-ring (bicyclic) bond motifs is 7. The number of benzene rings is 2. The standard InChI is InChI=1S/C44H38N4/c1-44(32-15-10-13-30(27-32)42-31(29-45)14-12-26-46(42)2)25-11-18-34(28-44)47-39-22-9-7-20-37(39)41-40(47)24-23-36-35-19-6-8-21-38(35)48(43(36)41)33-16-4-3-5-17-33/h3-5,7,10-16,18,20,23-24,27-28,33H,6,9,17,19,22,25-26H2,1-2H3. The number of nitrogens with zero attached hydrogens (tertiary/aromatic N) is 4. The summed E-state index contributed by atoms with van der Waals surface area (Å²) in [6, 6.07) is 16.3. The largest absolute Gasteiger partial charge is 0.369 e. The van der Waals surface area contributed by atoms with Crippen LogP contribution in [-0.4, -0.2) is 27.6 Å². The molecule has 234 valence electrons. The maximum absolute atomic E-state index is 9.91. The second kappa shape index (κ2) is 11.1. The van der Waals surface area contributed by atoms with Gasteiger partial charge in [-0.15, -0.1) is 0 Å². The Hall–Kier alpha value is -5.45. The Morgan fingerprint density at radius 2 is 1.94 bits per heavy atom. The van der Waals surface area contributed by atoms with Gasteiger partial charge in [-0.25, -0.2) is 0 Å². The average molecular weight is 623 g/mol. The van der Waals surface area contributed by atoms with E-state index in [9.17, 15) is 5.26 Å². The lowest BCUT2D eigenvalue weighted by atomic mass is 9.76. The minimum atomic E-state index is -0.206. The summed E-state index contributed by atoms with van der Waals surface area (Å²) in [5.74, 6) is 7.01. The van der Waals surface area contributed by atoms with Gasteiger partial charge in [0.05, 0.1) is 34.0 Å². The highest BCUT2D eigenvalue weighted by Crippen LogP contribution is 2.45. The summed E-state index contributed by atoms with van der Waals surface area (Å²) in [6.07, 6.45) is 30.8. The molecule has 0 spiro atoms. The number of allylic oxidation sites excluding steroid dienone is 11. The summed E-state index contributed by atoms with van der Waals surface area (Å²) < 4.78 is 5.12. The van der Waals surface area contributed by atoms with E-state index in [4.69, 9.17) is 0 Å². The number of aromatic nitrogens is 2. The fraction of sp³-hybridized carbons (Fsp3) is 0.250. The van der Waals surface area contributed by atoms with Gasteiger partial charge in [0.2, 0.25) is 0 Å². The SMILES string of the molecule is CN1CC=CC(C#N)=C1c1cccc(C2(C)C=C(n3c4c(c5c3ccc3c6c(n(C7C=CC=CC7)c35)C#CCC6)C=CCC4)C=CC2)c1. The molecule has 1 aliphatic heterocycles. The molecule has 0 radical (unpaired) electrons. The van der Waals surface area contributed by atoms with Gasteiger partial charge in [0.25, 0.3) is 0 Å². The van der Waals surface area contributed by atoms with E-state index in [0.717, 1.165) is 56.3 Å². The number of likely N-dealkylation sites (N-methyl/N-ethyl adjacent to an activating group) is 1. The molecule has 2 aromatic heterocycles. The number of aryl methyl sites for hydroxylation is 1. The van der Waals surface area contributed by atoms with Crippen molar-refractivity contribution in [2.75, 3.05) is 13.6 Å². The van der Waals surface area contributed by atoms with Crippen LogP contribution in [0.25, 0.3) is 39.3 Å². The maximum Gasteiger partial charge on any atom is 0.101 e. The third-order valence-electron chi connectivity index (χ3n) is 10.9. The average Bonchev–Trinajstić information content (AvgIpc) is 3.65. The van der Waals surface area contributed by atoms with Crippen LogP contribution in [0.3, 0.4) is 0 Å². The van der Waals surface area contributed by atoms with Crippen LogP contribution in [0.15, 0.2) is 103 Å². The summed E-state index contributed by atoms with van der Waals surface area (Å²) in [4.78, 5) is 2.17. The normalized spacial score (nSPS) is 22.5. The van der Waals surface area contributed by atoms with Gasteiger partial charge in [-0.2, -0.15) is 5.26 Å². The second-order valence-electron chi connectivity index (χ2n) is 13.9. The molecule has 0 N–H and O–H groups in total. The Labute approximate surface area is 282 Å². The van der Waals surface area contributed by atoms with E-state index in [0.29, 0.717) is 5.57 Å². The number of rotatable bonds is 4. The van der Waals surface area contributed by atoms with Gasteiger partial charge in [0, 0.05) is 53.2 Å². The highest BCUT2D eigenvalue weighted by atomic mass is 15.1. The number of nitriles is 1. The molecule has 0 bridgehead atoms. The first-order valence-corrected chi connectivity index (χ1v) is 17.3. The molecular formula is C44H38N4. The zero-order valence-electron chi connectivity index (χ0n) is 27.6. The summed E-state index contributed by atoms with van der Waals surface area (Å²) >= 11 is 0. The van der Waals surface area contributed by atoms with Crippen LogP contribution in [0.4, 0.5) is 0 Å². The summed E-state index contributed by atoms with van der Waals surface area (Å²) in [5, 5.41) is 12.6. The molecule has 4 heteroatoms. The molecule has 0 fully saturated rings. The van der Waals surface area contributed by atoms with Crippen molar-refractivity contribution < 1.29 is 0 Å². The number of hydrogen-bond donors (Lipinski definition) is 0. The zero-order chi connectivity index (χ0) is 32.4. The van der Waals surface area contributed by atoms with Gasteiger partial charge in [-0.3, -0.25) is 0 Å². The van der Waals surface area contributed by atoms with E-state index in [1.54, 1.807) is 0 Å². The Balaban J connectivity index is 1.25. The molecular weight excluding hydrogens is 585 g/mol. The lowest BCUT2D eigenvalue weighted by Gasteiger charge is -2.32. The van der Waals surface area contributed by atoms with Crippen molar-refractivity contribution in [3.63, 3.8) is 0 Å². The third-order valence-corrected chi connectivity index (χ3v) is 10.9. The predicted octanol–water partition coefficient (Wildman–Crippen LogP) is 9.41. The highest BCUT2D eigenvalue weighted by Gasteiger charge is 2.31. The summed E-state index contributed by atoms with van der Waals surface area (Å²) in [5.41, 5.74) is 13.1. The molecule has 5 aliphatic rings. The van der Waals surface area contributed by atoms with Crippen molar-refractivity contribution in [2.45, 2.75) is 56.9 Å². The quantitative estimate of drug-likeness (QED) is 0.213. The van der Waals surface area contributed by atoms with Gasteiger partial charge >= 0.3 is 0 Å². The van der Waals surface area contributed by atoms with Gasteiger partial charge in [-0.05, 0) is 85.1 Å². The first kappa shape index (κ1) is 28.7. The summed E-state index contributed by atoms with van der Waals surface area (Å²) in [6.45, 7) is 3.16. The minimum Gasteiger partial charge on any atom is -0.369 e. The van der Waals surface area contributed by atoms with E-state index < -0.39 is 0 Å². The van der Waals surface area contributed by atoms with Crippen molar-refractivity contribution in [1.29, 1.82) is 5.26 Å². The van der Waals surface area contributed by atoms with E-state index in [1.165, 1.54) is 55.6 Å². The molecule has 0 amide bonds. The first-order valence-electron chi connectivity index (χ1n) is 17.3. The van der Waals surface area contributed by atoms with Crippen molar-refractivity contribution >= 4 is 39.3 Å². The van der Waals surface area contributed by atoms with Crippen LogP contribution in [0.2, 0.25) is 0 Å². The molecule has 48 heavy (non-hydrogen) atoms. The fourth-order valence-electron chi connectivity index (χ4n) is 8.67. The van der Waals surface area contributed by atoms with Crippen LogP contribution in [-0.2, 0) is 18.3 Å². The monoisotopic (exact) mass is 622 g/mol. The summed E-state index contributed by atoms with van der Waals surface area (Å²) in [7, 11) is 2.07. The van der Waals surface area contributed by atoms with Gasteiger partial charge in [0.15, 0.2) is 0 Å². The fourth-order valence-corrected chi connectivity index (χ4v) is 8.67. The predicted molar refractivity (Wildman–Crippen MR) is 198 cm³/mol. The van der Waals surface area contributed by atoms with Gasteiger partial charge in [-0.1, -0.05) is 85.7 Å². The van der Waals surface area contributed by atoms with Crippen molar-refractivity contribution in [3.05, 3.63) is 136 Å². The van der Waals surface area contributed by atoms with Crippen molar-refractivity contribution in [3.8, 4) is 17.9 Å². The van der Waals surface area contributed by atoms with Crippen LogP contribution >= 0.6 is 0 Å². The minimum absolute atomic E-state index is 0.206. The Bertz CT molecular complexity index is 2370. The highest BCUT2D eigenvalue weighted by molar-refractivity contribution is 6.13. The molecule has 9 rings (SSSR count). The van der Waals surface area contributed by atoms with Gasteiger partial charge in [0.1, 0.15) is 6.07 Å². The second-order valence-corrected chi connectivity index (χ2v) is 13.9. The van der Waals surface area contributed by atoms with Gasteiger partial charge < -0.3 is 14.0 Å². The third kappa shape index (κ3) is 4.29. The first-order chi connectivity index (χ1) is 23.6. The molecule has 2 atom stereocenters. The lowest BCUT2D eigenvalue weighted by molar-refractivity contribution is 0.528. The molecule has 0 saturated heterocycles. The topological polar surface area (TPSA) is 36.9 Å². The van der Waals surface area contributed by atoms with Crippen LogP contribution in [0, 0.1) is 23.2 Å². The van der Waals surface area contributed by atoms with Crippen molar-refractivity contribution in [2.24, 2.45) is 0 Å². The van der Waals surface area contributed by atoms with Crippen LogP contribution in [0.5, 0.6) is 0 Å². The Morgan fingerprint density at radius 1 is 1.00 bits per heavy atom. The molecule has 0 saturated carbocycles.